The summed E-state index contributed by atoms with van der Waals surface area (Å²) in [4.78, 5) is 53.7. The Balaban J connectivity index is 1.18. The van der Waals surface area contributed by atoms with Crippen molar-refractivity contribution in [3.05, 3.63) is 53.6 Å². The molecular weight excluding hydrogens is 664 g/mol. The van der Waals surface area contributed by atoms with Gasteiger partial charge in [-0.2, -0.15) is 5.10 Å². The maximum absolute atomic E-state index is 13.4. The van der Waals surface area contributed by atoms with Crippen LogP contribution < -0.4 is 5.32 Å². The van der Waals surface area contributed by atoms with Crippen LogP contribution in [-0.2, 0) is 16.0 Å². The van der Waals surface area contributed by atoms with Gasteiger partial charge < -0.3 is 34.7 Å². The van der Waals surface area contributed by atoms with E-state index in [4.69, 9.17) is 14.6 Å². The molecule has 52 heavy (non-hydrogen) atoms. The Morgan fingerprint density at radius 1 is 1.10 bits per heavy atom. The molecule has 3 aromatic heterocycles. The lowest BCUT2D eigenvalue weighted by Crippen LogP contribution is -2.52. The molecule has 4 aromatic rings. The minimum atomic E-state index is -0.885. The van der Waals surface area contributed by atoms with Crippen LogP contribution >= 0.6 is 0 Å². The van der Waals surface area contributed by atoms with Gasteiger partial charge in [-0.25, -0.2) is 19.3 Å². The first kappa shape index (κ1) is 35.4. The Hall–Kier alpha value is -4.98. The summed E-state index contributed by atoms with van der Waals surface area (Å²) in [6, 6.07) is 5.92. The summed E-state index contributed by atoms with van der Waals surface area (Å²) in [6.45, 7) is 11.0. The van der Waals surface area contributed by atoms with Crippen molar-refractivity contribution >= 4 is 29.0 Å². The van der Waals surface area contributed by atoms with Crippen LogP contribution in [0.2, 0.25) is 0 Å². The van der Waals surface area contributed by atoms with E-state index in [-0.39, 0.29) is 36.4 Å². The van der Waals surface area contributed by atoms with E-state index in [2.05, 4.69) is 32.4 Å². The van der Waals surface area contributed by atoms with Crippen LogP contribution in [0.1, 0.15) is 100 Å². The van der Waals surface area contributed by atoms with Gasteiger partial charge in [0.05, 0.1) is 18.3 Å². The second-order valence-electron chi connectivity index (χ2n) is 15.2. The van der Waals surface area contributed by atoms with Crippen molar-refractivity contribution in [3.63, 3.8) is 0 Å². The standard InChI is InChI=1S/C38H48N8O6/c1-6-44(37(50)52-38(3,4)5)21-24-18-39-19-29(22(24)2)23-10-13-31-28(15-23)33(43-46(31)32-9-7-8-14-51-32)34-40-20-30(42-34)35(47)41-25-16-26-11-12-27(17-25)45(26)36(48)49/h10,13,15,18-20,25-27,32H,6-9,11-12,14,16-17,21H2,1-5H3,(H,40,42)(H,41,47)(H,48,49). The van der Waals surface area contributed by atoms with Crippen molar-refractivity contribution in [2.75, 3.05) is 13.2 Å². The Bertz CT molecular complexity index is 1960. The lowest BCUT2D eigenvalue weighted by atomic mass is 9.97. The van der Waals surface area contributed by atoms with E-state index in [1.54, 1.807) is 16.0 Å². The number of fused-ring (bicyclic) bond motifs is 3. The van der Waals surface area contributed by atoms with Crippen LogP contribution in [0.5, 0.6) is 0 Å². The van der Waals surface area contributed by atoms with Crippen molar-refractivity contribution in [2.24, 2.45) is 0 Å². The first-order valence-electron chi connectivity index (χ1n) is 18.3. The molecule has 3 atom stereocenters. The number of H-pyrrole nitrogens is 1. The van der Waals surface area contributed by atoms with Crippen molar-refractivity contribution < 1.29 is 29.0 Å². The molecule has 276 valence electrons. The molecule has 0 saturated carbocycles. The molecule has 0 radical (unpaired) electrons. The van der Waals surface area contributed by atoms with Crippen molar-refractivity contribution in [1.29, 1.82) is 0 Å². The number of ether oxygens (including phenoxy) is 2. The van der Waals surface area contributed by atoms with Gasteiger partial charge >= 0.3 is 12.2 Å². The number of pyridine rings is 1. The summed E-state index contributed by atoms with van der Waals surface area (Å²) < 4.78 is 13.7. The highest BCUT2D eigenvalue weighted by Crippen LogP contribution is 2.37. The summed E-state index contributed by atoms with van der Waals surface area (Å²) >= 11 is 0. The summed E-state index contributed by atoms with van der Waals surface area (Å²) in [5.74, 6) is 0.181. The quantitative estimate of drug-likeness (QED) is 0.181. The van der Waals surface area contributed by atoms with E-state index in [1.165, 1.54) is 6.20 Å². The molecule has 3 unspecified atom stereocenters. The van der Waals surface area contributed by atoms with Crippen molar-refractivity contribution in [2.45, 2.75) is 116 Å². The molecule has 3 fully saturated rings. The van der Waals surface area contributed by atoms with E-state index in [0.717, 1.165) is 65.3 Å². The van der Waals surface area contributed by atoms with Gasteiger partial charge in [-0.1, -0.05) is 6.07 Å². The van der Waals surface area contributed by atoms with E-state index in [0.29, 0.717) is 49.8 Å². The predicted molar refractivity (Wildman–Crippen MR) is 194 cm³/mol. The normalized spacial score (nSPS) is 21.7. The van der Waals surface area contributed by atoms with Gasteiger partial charge in [0.2, 0.25) is 0 Å². The van der Waals surface area contributed by atoms with E-state index >= 15 is 0 Å². The van der Waals surface area contributed by atoms with Gasteiger partial charge in [0.1, 0.15) is 17.0 Å². The topological polar surface area (TPSA) is 168 Å². The monoisotopic (exact) mass is 712 g/mol. The molecule has 3 saturated heterocycles. The summed E-state index contributed by atoms with van der Waals surface area (Å²) in [5, 5.41) is 18.6. The fourth-order valence-electron chi connectivity index (χ4n) is 7.90. The molecule has 7 rings (SSSR count). The number of hydrogen-bond donors (Lipinski definition) is 3. The third-order valence-electron chi connectivity index (χ3n) is 10.5. The molecular formula is C38H48N8O6. The van der Waals surface area contributed by atoms with Crippen molar-refractivity contribution in [3.8, 4) is 22.6 Å². The van der Waals surface area contributed by atoms with E-state index in [1.807, 2.05) is 51.6 Å². The fourth-order valence-corrected chi connectivity index (χ4v) is 7.90. The molecule has 3 aliphatic heterocycles. The van der Waals surface area contributed by atoms with Crippen LogP contribution in [0.3, 0.4) is 0 Å². The molecule has 0 spiro atoms. The number of nitrogens with one attached hydrogen (secondary N) is 2. The predicted octanol–water partition coefficient (Wildman–Crippen LogP) is 6.66. The number of aromatic amines is 1. The van der Waals surface area contributed by atoms with Crippen LogP contribution in [0.15, 0.2) is 36.8 Å². The fraction of sp³-hybridized carbons (Fsp3) is 0.526. The third-order valence-corrected chi connectivity index (χ3v) is 10.5. The molecule has 14 nitrogen and oxygen atoms in total. The number of rotatable bonds is 8. The average molecular weight is 713 g/mol. The lowest BCUT2D eigenvalue weighted by molar-refractivity contribution is -0.0365. The molecule has 1 aromatic carbocycles. The number of piperidine rings is 1. The number of nitrogens with zero attached hydrogens (tertiary/aromatic N) is 6. The minimum absolute atomic E-state index is 0.0690. The molecule has 3 aliphatic rings. The number of carbonyl (C=O) groups is 3. The van der Waals surface area contributed by atoms with Crippen LogP contribution in [0.4, 0.5) is 9.59 Å². The van der Waals surface area contributed by atoms with Crippen LogP contribution in [0.25, 0.3) is 33.5 Å². The largest absolute Gasteiger partial charge is 0.465 e. The molecule has 0 aliphatic carbocycles. The van der Waals surface area contributed by atoms with Gasteiger partial charge in [-0.15, -0.1) is 0 Å². The van der Waals surface area contributed by atoms with Gasteiger partial charge in [-0.05, 0) is 108 Å². The van der Waals surface area contributed by atoms with Crippen LogP contribution in [0, 0.1) is 6.92 Å². The Morgan fingerprint density at radius 3 is 2.54 bits per heavy atom. The lowest BCUT2D eigenvalue weighted by Gasteiger charge is -2.37. The van der Waals surface area contributed by atoms with Crippen molar-refractivity contribution in [1.82, 2.24) is 39.8 Å². The summed E-state index contributed by atoms with van der Waals surface area (Å²) in [6.07, 6.45) is 9.40. The number of benzene rings is 1. The molecule has 3 amide bonds. The maximum Gasteiger partial charge on any atom is 0.410 e. The molecule has 14 heteroatoms. The van der Waals surface area contributed by atoms with Crippen LogP contribution in [-0.4, -0.2) is 94.6 Å². The first-order valence-corrected chi connectivity index (χ1v) is 18.3. The zero-order chi connectivity index (χ0) is 36.7. The molecule has 6 heterocycles. The highest BCUT2D eigenvalue weighted by atomic mass is 16.6. The third kappa shape index (κ3) is 7.08. The maximum atomic E-state index is 13.4. The number of imidazole rings is 1. The van der Waals surface area contributed by atoms with Gasteiger partial charge in [-0.3, -0.25) is 9.78 Å². The Kier molecular flexibility index (Phi) is 9.68. The highest BCUT2D eigenvalue weighted by molar-refractivity contribution is 5.97. The molecule has 3 N–H and O–H groups in total. The SMILES string of the molecule is CCN(Cc1cncc(-c2ccc3c(c2)c(-c2ncc(C(=O)NC4CC5CCC(C4)N5C(=O)O)[nH]2)nn3C2CCCCO2)c1C)C(=O)OC(C)(C)C. The smallest absolute Gasteiger partial charge is 0.410 e. The summed E-state index contributed by atoms with van der Waals surface area (Å²) in [5.41, 5.74) is 4.97. The van der Waals surface area contributed by atoms with Gasteiger partial charge in [0.25, 0.3) is 5.91 Å². The zero-order valence-electron chi connectivity index (χ0n) is 30.5. The summed E-state index contributed by atoms with van der Waals surface area (Å²) in [7, 11) is 0. The Labute approximate surface area is 302 Å². The number of carbonyl (C=O) groups excluding carboxylic acids is 2. The number of aromatic nitrogens is 5. The van der Waals surface area contributed by atoms with E-state index in [9.17, 15) is 19.5 Å². The zero-order valence-corrected chi connectivity index (χ0v) is 30.5. The van der Waals surface area contributed by atoms with Gasteiger partial charge in [0, 0.05) is 54.6 Å². The van der Waals surface area contributed by atoms with Gasteiger partial charge in [0.15, 0.2) is 12.1 Å². The highest BCUT2D eigenvalue weighted by Gasteiger charge is 2.43. The second-order valence-corrected chi connectivity index (χ2v) is 15.2. The first-order chi connectivity index (χ1) is 24.9. The number of hydrogen-bond acceptors (Lipinski definition) is 8. The second kappa shape index (κ2) is 14.2. The van der Waals surface area contributed by atoms with E-state index < -0.39 is 11.7 Å². The number of carboxylic acid groups (broad SMARTS) is 1. The minimum Gasteiger partial charge on any atom is -0.465 e. The average Bonchev–Trinajstić information content (AvgIpc) is 3.82. The Morgan fingerprint density at radius 2 is 1.87 bits per heavy atom. The molecule has 2 bridgehead atoms. The number of amides is 3.